The summed E-state index contributed by atoms with van der Waals surface area (Å²) in [6, 6.07) is 0. The molecule has 0 rings (SSSR count). The number of carbonyl (C=O) groups excluding carboxylic acids is 2. The van der Waals surface area contributed by atoms with Crippen LogP contribution in [0.25, 0.3) is 0 Å². The zero-order valence-corrected chi connectivity index (χ0v) is 8.01. The molecule has 0 aliphatic rings. The summed E-state index contributed by atoms with van der Waals surface area (Å²) >= 11 is 0. The van der Waals surface area contributed by atoms with Crippen LogP contribution in [0.5, 0.6) is 0 Å². The number of ether oxygens (including phenoxy) is 1. The first kappa shape index (κ1) is 18.1. The summed E-state index contributed by atoms with van der Waals surface area (Å²) < 4.78 is 12.3. The van der Waals surface area contributed by atoms with Gasteiger partial charge in [0.1, 0.15) is 0 Å². The molecular formula is C6H11BO7. The van der Waals surface area contributed by atoms with Crippen molar-refractivity contribution < 1.29 is 34.0 Å². The number of carboxylic acids is 1. The average molecular weight is 206 g/mol. The third-order valence-corrected chi connectivity index (χ3v) is 0.287. The van der Waals surface area contributed by atoms with Crippen molar-refractivity contribution in [1.29, 1.82) is 0 Å². The van der Waals surface area contributed by atoms with Crippen molar-refractivity contribution in [1.82, 2.24) is 0 Å². The van der Waals surface area contributed by atoms with E-state index in [2.05, 4.69) is 4.74 Å². The monoisotopic (exact) mass is 206 g/mol. The molecule has 0 amide bonds. The fraction of sp³-hybridized carbons (Fsp3) is 0.500. The number of hydrogen-bond acceptors (Lipinski definition) is 5. The van der Waals surface area contributed by atoms with Crippen molar-refractivity contribution in [2.75, 3.05) is 0 Å². The molecule has 0 aromatic heterocycles. The van der Waals surface area contributed by atoms with E-state index in [1.54, 1.807) is 0 Å². The number of aliphatic carboxylic acids is 1. The number of rotatable bonds is 0. The maximum atomic E-state index is 9.81. The van der Waals surface area contributed by atoms with Gasteiger partial charge >= 0.3 is 29.0 Å². The quantitative estimate of drug-likeness (QED) is 0.300. The molecule has 0 spiro atoms. The SMILES string of the molecule is CC(=O)O.CC(=O)OC(C)=O.O=BO. The van der Waals surface area contributed by atoms with Gasteiger partial charge in [0.15, 0.2) is 0 Å². The van der Waals surface area contributed by atoms with Crippen LogP contribution in [0.3, 0.4) is 0 Å². The second-order valence-corrected chi connectivity index (χ2v) is 1.71. The van der Waals surface area contributed by atoms with Gasteiger partial charge in [-0.3, -0.25) is 14.4 Å². The van der Waals surface area contributed by atoms with Crippen molar-refractivity contribution in [3.8, 4) is 0 Å². The van der Waals surface area contributed by atoms with Gasteiger partial charge in [-0.2, -0.15) is 0 Å². The summed E-state index contributed by atoms with van der Waals surface area (Å²) in [7, 11) is -0.250. The number of hydrogen-bond donors (Lipinski definition) is 2. The van der Waals surface area contributed by atoms with E-state index in [9.17, 15) is 9.59 Å². The second kappa shape index (κ2) is 13.8. The summed E-state index contributed by atoms with van der Waals surface area (Å²) in [6.07, 6.45) is 0. The third kappa shape index (κ3) is 171. The molecule has 0 aromatic carbocycles. The zero-order valence-electron chi connectivity index (χ0n) is 8.01. The van der Waals surface area contributed by atoms with E-state index in [0.29, 0.717) is 0 Å². The minimum atomic E-state index is -0.833. The zero-order chi connectivity index (χ0) is 12.1. The van der Waals surface area contributed by atoms with Gasteiger partial charge in [-0.25, -0.2) is 0 Å². The Bertz CT molecular complexity index is 184. The molecule has 0 saturated carbocycles. The maximum absolute atomic E-state index is 9.81. The van der Waals surface area contributed by atoms with Gasteiger partial charge in [0.05, 0.1) is 0 Å². The van der Waals surface area contributed by atoms with Gasteiger partial charge < -0.3 is 9.84 Å². The van der Waals surface area contributed by atoms with Crippen LogP contribution in [0.2, 0.25) is 0 Å². The van der Waals surface area contributed by atoms with E-state index < -0.39 is 17.9 Å². The molecule has 2 N–H and O–H groups in total. The number of carbonyl (C=O) groups is 3. The van der Waals surface area contributed by atoms with Crippen molar-refractivity contribution in [3.05, 3.63) is 0 Å². The number of carboxylic acid groups (broad SMARTS) is 1. The minimum absolute atomic E-state index is 0.250. The van der Waals surface area contributed by atoms with E-state index in [4.69, 9.17) is 19.6 Å². The van der Waals surface area contributed by atoms with Crippen molar-refractivity contribution in [2.24, 2.45) is 0 Å². The summed E-state index contributed by atoms with van der Waals surface area (Å²) in [6.45, 7) is 3.45. The topological polar surface area (TPSA) is 118 Å². The Labute approximate surface area is 81.0 Å². The predicted molar refractivity (Wildman–Crippen MR) is 44.4 cm³/mol. The normalized spacial score (nSPS) is 6.21. The van der Waals surface area contributed by atoms with Gasteiger partial charge in [-0.15, -0.1) is 0 Å². The fourth-order valence-corrected chi connectivity index (χ4v) is 0.202. The van der Waals surface area contributed by atoms with E-state index in [1.165, 1.54) is 13.8 Å². The summed E-state index contributed by atoms with van der Waals surface area (Å²) in [4.78, 5) is 28.6. The molecule has 8 heteroatoms. The number of esters is 2. The van der Waals surface area contributed by atoms with Crippen molar-refractivity contribution >= 4 is 25.3 Å². The summed E-state index contributed by atoms with van der Waals surface area (Å²) in [5, 5.41) is 14.3. The Morgan fingerprint density at radius 1 is 1.07 bits per heavy atom. The van der Waals surface area contributed by atoms with E-state index in [-0.39, 0.29) is 7.35 Å². The van der Waals surface area contributed by atoms with Gasteiger partial charge in [0.25, 0.3) is 5.97 Å². The van der Waals surface area contributed by atoms with E-state index in [0.717, 1.165) is 6.92 Å². The molecule has 0 bridgehead atoms. The van der Waals surface area contributed by atoms with Crippen LogP contribution in [0.1, 0.15) is 20.8 Å². The second-order valence-electron chi connectivity index (χ2n) is 1.71. The van der Waals surface area contributed by atoms with Gasteiger partial charge in [-0.1, -0.05) is 0 Å². The Morgan fingerprint density at radius 2 is 1.21 bits per heavy atom. The predicted octanol–water partition coefficient (Wildman–Crippen LogP) is -0.870. The molecule has 0 saturated heterocycles. The fourth-order valence-electron chi connectivity index (χ4n) is 0.202. The molecule has 0 aromatic rings. The van der Waals surface area contributed by atoms with Crippen LogP contribution in [0.15, 0.2) is 0 Å². The van der Waals surface area contributed by atoms with Crippen LogP contribution >= 0.6 is 0 Å². The van der Waals surface area contributed by atoms with Crippen LogP contribution in [0.4, 0.5) is 0 Å². The summed E-state index contributed by atoms with van der Waals surface area (Å²) in [5.74, 6) is -1.96. The molecule has 0 aliphatic carbocycles. The van der Waals surface area contributed by atoms with Crippen LogP contribution in [-0.2, 0) is 23.8 Å². The van der Waals surface area contributed by atoms with E-state index >= 15 is 0 Å². The van der Waals surface area contributed by atoms with Crippen LogP contribution in [-0.4, -0.2) is 35.4 Å². The molecule has 14 heavy (non-hydrogen) atoms. The Hall–Kier alpha value is -1.73. The van der Waals surface area contributed by atoms with Gasteiger partial charge in [0.2, 0.25) is 0 Å². The van der Waals surface area contributed by atoms with Crippen LogP contribution < -0.4 is 0 Å². The Balaban J connectivity index is -0.000000147. The first-order valence-electron chi connectivity index (χ1n) is 3.24. The molecule has 0 aliphatic heterocycles. The molecular weight excluding hydrogens is 195 g/mol. The molecule has 7 nitrogen and oxygen atoms in total. The third-order valence-electron chi connectivity index (χ3n) is 0.287. The van der Waals surface area contributed by atoms with Gasteiger partial charge in [0, 0.05) is 20.8 Å². The van der Waals surface area contributed by atoms with Crippen LogP contribution in [0, 0.1) is 0 Å². The van der Waals surface area contributed by atoms with Crippen molar-refractivity contribution in [2.45, 2.75) is 20.8 Å². The first-order chi connectivity index (χ1) is 6.27. The summed E-state index contributed by atoms with van der Waals surface area (Å²) in [5.41, 5.74) is 0. The van der Waals surface area contributed by atoms with Crippen molar-refractivity contribution in [3.63, 3.8) is 0 Å². The Kier molecular flexibility index (Phi) is 17.9. The molecule has 80 valence electrons. The Morgan fingerprint density at radius 3 is 1.21 bits per heavy atom. The van der Waals surface area contributed by atoms with E-state index in [1.807, 2.05) is 0 Å². The molecule has 0 fully saturated rings. The van der Waals surface area contributed by atoms with Gasteiger partial charge in [-0.05, 0) is 0 Å². The molecule has 0 unspecified atom stereocenters. The standard InChI is InChI=1S/C4H6O3.C2H4O2.BHO2/c1-3(5)7-4(2)6;1-2(3)4;2-1-3/h1-2H3;1H3,(H,3,4);2H. The molecule has 0 atom stereocenters. The molecule has 0 heterocycles. The first-order valence-corrected chi connectivity index (χ1v) is 3.24. The molecule has 0 radical (unpaired) electrons. The average Bonchev–Trinajstić information content (AvgIpc) is 1.82.